The van der Waals surface area contributed by atoms with Gasteiger partial charge in [0, 0.05) is 11.3 Å². The average molecular weight is 411 g/mol. The lowest BCUT2D eigenvalue weighted by Gasteiger charge is -2.17. The van der Waals surface area contributed by atoms with Gasteiger partial charge in [-0.3, -0.25) is 4.79 Å². The maximum absolute atomic E-state index is 12.9. The molecule has 0 atom stereocenters. The van der Waals surface area contributed by atoms with Gasteiger partial charge in [-0.25, -0.2) is 4.68 Å². The molecule has 30 heavy (non-hydrogen) atoms. The first-order chi connectivity index (χ1) is 14.6. The number of ether oxygens (including phenoxy) is 3. The number of nitrogens with one attached hydrogen (secondary N) is 1. The molecule has 0 spiro atoms. The van der Waals surface area contributed by atoms with E-state index in [1.165, 1.54) is 6.33 Å². The van der Waals surface area contributed by atoms with E-state index in [1.807, 2.05) is 39.8 Å². The second-order valence-corrected chi connectivity index (χ2v) is 6.31. The van der Waals surface area contributed by atoms with Gasteiger partial charge in [0.2, 0.25) is 5.75 Å². The molecule has 0 aliphatic carbocycles. The lowest BCUT2D eigenvalue weighted by Crippen LogP contribution is -2.13. The Morgan fingerprint density at radius 3 is 2.20 bits per heavy atom. The molecule has 0 unspecified atom stereocenters. The molecule has 0 bridgehead atoms. The maximum atomic E-state index is 12.9. The van der Waals surface area contributed by atoms with Gasteiger partial charge in [0.05, 0.1) is 25.5 Å². The number of hydrogen-bond acceptors (Lipinski definition) is 7. The molecule has 158 valence electrons. The Hall–Kier alpha value is -3.62. The lowest BCUT2D eigenvalue weighted by atomic mass is 10.1. The summed E-state index contributed by atoms with van der Waals surface area (Å²) < 4.78 is 18.6. The van der Waals surface area contributed by atoms with Crippen LogP contribution in [0, 0.1) is 6.92 Å². The summed E-state index contributed by atoms with van der Waals surface area (Å²) in [6, 6.07) is 8.82. The van der Waals surface area contributed by atoms with Crippen LogP contribution < -0.4 is 19.5 Å². The first kappa shape index (κ1) is 21.1. The van der Waals surface area contributed by atoms with Gasteiger partial charge in [-0.1, -0.05) is 0 Å². The number of aromatic nitrogens is 4. The smallest absolute Gasteiger partial charge is 0.255 e. The molecule has 0 saturated heterocycles. The summed E-state index contributed by atoms with van der Waals surface area (Å²) in [6.07, 6.45) is 1.52. The number of amides is 1. The minimum absolute atomic E-state index is 0.283. The quantitative estimate of drug-likeness (QED) is 0.576. The number of tetrazole rings is 1. The van der Waals surface area contributed by atoms with Crippen LogP contribution in [0.3, 0.4) is 0 Å². The molecular formula is C21H25N5O4. The summed E-state index contributed by atoms with van der Waals surface area (Å²) in [7, 11) is 0. The van der Waals surface area contributed by atoms with Gasteiger partial charge in [0.1, 0.15) is 6.33 Å². The summed E-state index contributed by atoms with van der Waals surface area (Å²) in [6.45, 7) is 8.88. The lowest BCUT2D eigenvalue weighted by molar-refractivity contribution is 0.102. The van der Waals surface area contributed by atoms with Crippen molar-refractivity contribution in [2.75, 3.05) is 25.1 Å². The van der Waals surface area contributed by atoms with Crippen LogP contribution in [0.15, 0.2) is 36.7 Å². The van der Waals surface area contributed by atoms with Crippen molar-refractivity contribution in [1.82, 2.24) is 20.2 Å². The molecular weight excluding hydrogens is 386 g/mol. The minimum Gasteiger partial charge on any atom is -0.490 e. The number of carbonyl (C=O) groups excluding carboxylic acids is 1. The molecule has 2 aromatic carbocycles. The molecule has 0 fully saturated rings. The highest BCUT2D eigenvalue weighted by Gasteiger charge is 2.18. The van der Waals surface area contributed by atoms with Crippen LogP contribution in [-0.4, -0.2) is 45.9 Å². The van der Waals surface area contributed by atoms with Gasteiger partial charge in [-0.2, -0.15) is 0 Å². The highest BCUT2D eigenvalue weighted by molar-refractivity contribution is 6.05. The van der Waals surface area contributed by atoms with Crippen molar-refractivity contribution in [3.63, 3.8) is 0 Å². The number of nitrogens with zero attached hydrogens (tertiary/aromatic N) is 4. The molecule has 9 heteroatoms. The third-order valence-electron chi connectivity index (χ3n) is 4.22. The predicted octanol–water partition coefficient (Wildman–Crippen LogP) is 3.42. The third kappa shape index (κ3) is 4.68. The number of rotatable bonds is 9. The van der Waals surface area contributed by atoms with Crippen LogP contribution in [-0.2, 0) is 0 Å². The van der Waals surface area contributed by atoms with E-state index in [0.29, 0.717) is 48.3 Å². The first-order valence-electron chi connectivity index (χ1n) is 9.79. The summed E-state index contributed by atoms with van der Waals surface area (Å²) in [4.78, 5) is 12.9. The fourth-order valence-corrected chi connectivity index (χ4v) is 2.98. The highest BCUT2D eigenvalue weighted by atomic mass is 16.5. The summed E-state index contributed by atoms with van der Waals surface area (Å²) in [5.74, 6) is 1.16. The van der Waals surface area contributed by atoms with E-state index in [9.17, 15) is 4.79 Å². The fourth-order valence-electron chi connectivity index (χ4n) is 2.98. The van der Waals surface area contributed by atoms with Gasteiger partial charge in [-0.15, -0.1) is 5.10 Å². The number of aryl methyl sites for hydroxylation is 1. The van der Waals surface area contributed by atoms with Gasteiger partial charge >= 0.3 is 0 Å². The Kier molecular flexibility index (Phi) is 6.84. The Balaban J connectivity index is 1.88. The van der Waals surface area contributed by atoms with Crippen LogP contribution in [0.25, 0.3) is 5.69 Å². The first-order valence-corrected chi connectivity index (χ1v) is 9.79. The Morgan fingerprint density at radius 1 is 1.00 bits per heavy atom. The fraction of sp³-hybridized carbons (Fsp3) is 0.333. The number of hydrogen-bond donors (Lipinski definition) is 1. The van der Waals surface area contributed by atoms with Crippen molar-refractivity contribution < 1.29 is 19.0 Å². The van der Waals surface area contributed by atoms with Crippen LogP contribution in [0.2, 0.25) is 0 Å². The molecule has 0 saturated carbocycles. The van der Waals surface area contributed by atoms with E-state index in [1.54, 1.807) is 22.9 Å². The van der Waals surface area contributed by atoms with Gasteiger partial charge < -0.3 is 19.5 Å². The molecule has 9 nitrogen and oxygen atoms in total. The van der Waals surface area contributed by atoms with E-state index in [4.69, 9.17) is 14.2 Å². The minimum atomic E-state index is -0.283. The molecule has 1 aromatic heterocycles. The Morgan fingerprint density at radius 2 is 1.67 bits per heavy atom. The van der Waals surface area contributed by atoms with E-state index in [0.717, 1.165) is 11.3 Å². The zero-order valence-corrected chi connectivity index (χ0v) is 17.5. The standard InChI is InChI=1S/C21H25N5O4/c1-5-28-18-11-15(12-19(29-6-2)20(18)30-7-3)21(27)23-16-8-9-17(14(4)10-16)26-13-22-24-25-26/h8-13H,5-7H2,1-4H3,(H,23,27). The second kappa shape index (κ2) is 9.73. The molecule has 0 aliphatic heterocycles. The van der Waals surface area contributed by atoms with Crippen molar-refractivity contribution in [1.29, 1.82) is 0 Å². The van der Waals surface area contributed by atoms with E-state index in [2.05, 4.69) is 20.8 Å². The largest absolute Gasteiger partial charge is 0.490 e. The zero-order chi connectivity index (χ0) is 21.5. The number of benzene rings is 2. The van der Waals surface area contributed by atoms with Crippen molar-refractivity contribution in [3.8, 4) is 22.9 Å². The monoisotopic (exact) mass is 411 g/mol. The maximum Gasteiger partial charge on any atom is 0.255 e. The second-order valence-electron chi connectivity index (χ2n) is 6.31. The Bertz CT molecular complexity index is 978. The van der Waals surface area contributed by atoms with Gasteiger partial charge in [0.15, 0.2) is 11.5 Å². The van der Waals surface area contributed by atoms with Crippen molar-refractivity contribution in [3.05, 3.63) is 47.8 Å². The highest BCUT2D eigenvalue weighted by Crippen LogP contribution is 2.39. The summed E-state index contributed by atoms with van der Waals surface area (Å²) in [5.41, 5.74) is 2.81. The van der Waals surface area contributed by atoms with Crippen molar-refractivity contribution in [2.45, 2.75) is 27.7 Å². The van der Waals surface area contributed by atoms with E-state index >= 15 is 0 Å². The van der Waals surface area contributed by atoms with E-state index < -0.39 is 0 Å². The average Bonchev–Trinajstić information content (AvgIpc) is 3.25. The van der Waals surface area contributed by atoms with Gasteiger partial charge in [0.25, 0.3) is 5.91 Å². The van der Waals surface area contributed by atoms with Crippen LogP contribution in [0.5, 0.6) is 17.2 Å². The van der Waals surface area contributed by atoms with Crippen molar-refractivity contribution >= 4 is 11.6 Å². The number of anilines is 1. The molecule has 0 aliphatic rings. The Labute approximate surface area is 175 Å². The van der Waals surface area contributed by atoms with E-state index in [-0.39, 0.29) is 5.91 Å². The number of carbonyl (C=O) groups is 1. The van der Waals surface area contributed by atoms with Crippen LogP contribution in [0.1, 0.15) is 36.7 Å². The molecule has 1 N–H and O–H groups in total. The topological polar surface area (TPSA) is 100 Å². The summed E-state index contributed by atoms with van der Waals surface area (Å²) in [5, 5.41) is 14.1. The summed E-state index contributed by atoms with van der Waals surface area (Å²) >= 11 is 0. The molecule has 1 amide bonds. The zero-order valence-electron chi connectivity index (χ0n) is 17.5. The normalized spacial score (nSPS) is 10.5. The third-order valence-corrected chi connectivity index (χ3v) is 4.22. The van der Waals surface area contributed by atoms with Crippen LogP contribution in [0.4, 0.5) is 5.69 Å². The van der Waals surface area contributed by atoms with Crippen molar-refractivity contribution in [2.24, 2.45) is 0 Å². The van der Waals surface area contributed by atoms with Gasteiger partial charge in [-0.05, 0) is 74.0 Å². The SMILES string of the molecule is CCOc1cc(C(=O)Nc2ccc(-n3cnnn3)c(C)c2)cc(OCC)c1OCC. The predicted molar refractivity (Wildman–Crippen MR) is 112 cm³/mol. The van der Waals surface area contributed by atoms with Crippen LogP contribution >= 0.6 is 0 Å². The molecule has 0 radical (unpaired) electrons. The molecule has 3 aromatic rings. The molecule has 3 rings (SSSR count). The molecule has 1 heterocycles.